The van der Waals surface area contributed by atoms with Crippen LogP contribution in [0.4, 0.5) is 17.6 Å². The van der Waals surface area contributed by atoms with Gasteiger partial charge in [0.25, 0.3) is 0 Å². The Morgan fingerprint density at radius 3 is 2.40 bits per heavy atom. The summed E-state index contributed by atoms with van der Waals surface area (Å²) < 4.78 is 52.2. The maximum Gasteiger partial charge on any atom is 0.403 e. The van der Waals surface area contributed by atoms with Gasteiger partial charge in [0.2, 0.25) is 0 Å². The van der Waals surface area contributed by atoms with E-state index < -0.39 is 12.2 Å². The van der Waals surface area contributed by atoms with Crippen LogP contribution in [0.25, 0.3) is 0 Å². The Balaban J connectivity index is 2.00. The first-order valence-electron chi connectivity index (χ1n) is 8.40. The number of benzene rings is 1. The highest BCUT2D eigenvalue weighted by Gasteiger charge is 2.41. The lowest BCUT2D eigenvalue weighted by Crippen LogP contribution is -2.56. The van der Waals surface area contributed by atoms with Crippen molar-refractivity contribution in [2.45, 2.75) is 32.6 Å². The van der Waals surface area contributed by atoms with Crippen LogP contribution in [0.15, 0.2) is 29.3 Å². The van der Waals surface area contributed by atoms with Gasteiger partial charge in [0, 0.05) is 38.3 Å². The molecule has 4 nitrogen and oxygen atoms in total. The zero-order chi connectivity index (χ0) is 18.4. The molecule has 1 fully saturated rings. The highest BCUT2D eigenvalue weighted by molar-refractivity contribution is 5.80. The molecule has 0 bridgehead atoms. The quantitative estimate of drug-likeness (QED) is 0.509. The van der Waals surface area contributed by atoms with Crippen molar-refractivity contribution in [3.05, 3.63) is 35.6 Å². The maximum absolute atomic E-state index is 13.7. The molecule has 1 atom stereocenters. The standard InChI is InChI=1S/C17H24F4N4/c1-3-22-16(23-12-14-6-4-5-7-15(14)18)25-10-8-24(9-11-25)13(2)17(19,20)21/h4-7,13H,3,8-12H2,1-2H3,(H,22,23). The fourth-order valence-corrected chi connectivity index (χ4v) is 2.74. The van der Waals surface area contributed by atoms with E-state index in [9.17, 15) is 17.6 Å². The van der Waals surface area contributed by atoms with E-state index in [1.165, 1.54) is 17.9 Å². The highest BCUT2D eigenvalue weighted by Crippen LogP contribution is 2.25. The molecule has 0 aromatic heterocycles. The molecule has 1 aromatic rings. The minimum atomic E-state index is -4.22. The van der Waals surface area contributed by atoms with E-state index in [-0.39, 0.29) is 12.4 Å². The summed E-state index contributed by atoms with van der Waals surface area (Å²) in [5.74, 6) is 0.288. The van der Waals surface area contributed by atoms with Crippen LogP contribution in [0.2, 0.25) is 0 Å². The predicted octanol–water partition coefficient (Wildman–Crippen LogP) is 2.86. The third kappa shape index (κ3) is 5.32. The van der Waals surface area contributed by atoms with Gasteiger partial charge in [0.1, 0.15) is 11.9 Å². The smallest absolute Gasteiger partial charge is 0.357 e. The van der Waals surface area contributed by atoms with Crippen molar-refractivity contribution in [3.8, 4) is 0 Å². The van der Waals surface area contributed by atoms with Gasteiger partial charge in [-0.2, -0.15) is 13.2 Å². The van der Waals surface area contributed by atoms with Gasteiger partial charge in [-0.15, -0.1) is 0 Å². The Morgan fingerprint density at radius 1 is 1.20 bits per heavy atom. The van der Waals surface area contributed by atoms with Gasteiger partial charge in [-0.25, -0.2) is 9.38 Å². The SMILES string of the molecule is CCNC(=NCc1ccccc1F)N1CCN(C(C)C(F)(F)F)CC1. The van der Waals surface area contributed by atoms with Crippen LogP contribution in [-0.4, -0.2) is 60.7 Å². The monoisotopic (exact) mass is 360 g/mol. The number of piperazine rings is 1. The molecule has 1 saturated heterocycles. The number of aliphatic imine (C=N–C) groups is 1. The topological polar surface area (TPSA) is 30.9 Å². The second kappa shape index (κ2) is 8.51. The van der Waals surface area contributed by atoms with E-state index in [2.05, 4.69) is 10.3 Å². The van der Waals surface area contributed by atoms with Crippen molar-refractivity contribution < 1.29 is 17.6 Å². The average Bonchev–Trinajstić information content (AvgIpc) is 2.58. The summed E-state index contributed by atoms with van der Waals surface area (Å²) in [6.07, 6.45) is -4.22. The zero-order valence-corrected chi connectivity index (χ0v) is 14.5. The summed E-state index contributed by atoms with van der Waals surface area (Å²) >= 11 is 0. The number of rotatable bonds is 4. The molecule has 0 saturated carbocycles. The molecule has 1 aromatic carbocycles. The van der Waals surface area contributed by atoms with Gasteiger partial charge in [-0.05, 0) is 19.9 Å². The summed E-state index contributed by atoms with van der Waals surface area (Å²) in [4.78, 5) is 7.79. The van der Waals surface area contributed by atoms with Gasteiger partial charge in [-0.3, -0.25) is 4.90 Å². The Labute approximate surface area is 145 Å². The van der Waals surface area contributed by atoms with Gasteiger partial charge in [0.15, 0.2) is 5.96 Å². The molecule has 1 N–H and O–H groups in total. The first-order valence-corrected chi connectivity index (χ1v) is 8.40. The fraction of sp³-hybridized carbons (Fsp3) is 0.588. The van der Waals surface area contributed by atoms with Crippen molar-refractivity contribution in [2.24, 2.45) is 4.99 Å². The van der Waals surface area contributed by atoms with Crippen molar-refractivity contribution in [3.63, 3.8) is 0 Å². The lowest BCUT2D eigenvalue weighted by atomic mass is 10.2. The minimum Gasteiger partial charge on any atom is -0.357 e. The largest absolute Gasteiger partial charge is 0.403 e. The van der Waals surface area contributed by atoms with Crippen LogP contribution < -0.4 is 5.32 Å². The molecule has 8 heteroatoms. The zero-order valence-electron chi connectivity index (χ0n) is 14.5. The van der Waals surface area contributed by atoms with E-state index in [0.717, 1.165) is 0 Å². The van der Waals surface area contributed by atoms with Crippen LogP contribution in [0.5, 0.6) is 0 Å². The first kappa shape index (κ1) is 19.5. The van der Waals surface area contributed by atoms with Crippen molar-refractivity contribution in [1.82, 2.24) is 15.1 Å². The van der Waals surface area contributed by atoms with E-state index in [0.29, 0.717) is 44.2 Å². The summed E-state index contributed by atoms with van der Waals surface area (Å²) in [6, 6.07) is 4.97. The minimum absolute atomic E-state index is 0.189. The normalized spacial score (nSPS) is 18.3. The molecule has 2 rings (SSSR count). The molecule has 0 radical (unpaired) electrons. The fourth-order valence-electron chi connectivity index (χ4n) is 2.74. The number of alkyl halides is 3. The molecule has 1 aliphatic rings. The summed E-state index contributed by atoms with van der Waals surface area (Å²) in [5, 5.41) is 3.13. The number of nitrogens with zero attached hydrogens (tertiary/aromatic N) is 3. The molecule has 25 heavy (non-hydrogen) atoms. The van der Waals surface area contributed by atoms with Gasteiger partial charge in [-0.1, -0.05) is 18.2 Å². The lowest BCUT2D eigenvalue weighted by Gasteiger charge is -2.39. The van der Waals surface area contributed by atoms with E-state index in [1.807, 2.05) is 11.8 Å². The van der Waals surface area contributed by atoms with Gasteiger partial charge >= 0.3 is 6.18 Å². The number of hydrogen-bond donors (Lipinski definition) is 1. The van der Waals surface area contributed by atoms with Crippen molar-refractivity contribution >= 4 is 5.96 Å². The summed E-state index contributed by atoms with van der Waals surface area (Å²) in [7, 11) is 0. The Morgan fingerprint density at radius 2 is 1.84 bits per heavy atom. The third-order valence-corrected chi connectivity index (χ3v) is 4.33. The molecule has 0 spiro atoms. The summed E-state index contributed by atoms with van der Waals surface area (Å²) in [6.45, 7) is 5.44. The molecule has 1 heterocycles. The second-order valence-corrected chi connectivity index (χ2v) is 6.00. The van der Waals surface area contributed by atoms with Crippen LogP contribution in [-0.2, 0) is 6.54 Å². The Bertz CT molecular complexity index is 580. The predicted molar refractivity (Wildman–Crippen MR) is 89.9 cm³/mol. The number of hydrogen-bond acceptors (Lipinski definition) is 2. The van der Waals surface area contributed by atoms with Crippen LogP contribution in [0.3, 0.4) is 0 Å². The highest BCUT2D eigenvalue weighted by atomic mass is 19.4. The Hall–Kier alpha value is -1.83. The lowest BCUT2D eigenvalue weighted by molar-refractivity contribution is -0.181. The molecular weight excluding hydrogens is 336 g/mol. The van der Waals surface area contributed by atoms with E-state index >= 15 is 0 Å². The van der Waals surface area contributed by atoms with Crippen molar-refractivity contribution in [1.29, 1.82) is 0 Å². The second-order valence-electron chi connectivity index (χ2n) is 6.00. The van der Waals surface area contributed by atoms with Crippen LogP contribution in [0.1, 0.15) is 19.4 Å². The third-order valence-electron chi connectivity index (χ3n) is 4.33. The summed E-state index contributed by atoms with van der Waals surface area (Å²) in [5.41, 5.74) is 0.488. The molecule has 1 aliphatic heterocycles. The molecule has 0 amide bonds. The van der Waals surface area contributed by atoms with Gasteiger partial charge < -0.3 is 10.2 Å². The maximum atomic E-state index is 13.7. The van der Waals surface area contributed by atoms with Crippen LogP contribution >= 0.6 is 0 Å². The molecule has 0 aliphatic carbocycles. The van der Waals surface area contributed by atoms with Crippen molar-refractivity contribution in [2.75, 3.05) is 32.7 Å². The first-order chi connectivity index (χ1) is 11.8. The number of guanidine groups is 1. The van der Waals surface area contributed by atoms with E-state index in [4.69, 9.17) is 0 Å². The van der Waals surface area contributed by atoms with Crippen LogP contribution in [0, 0.1) is 5.82 Å². The molecule has 140 valence electrons. The average molecular weight is 360 g/mol. The van der Waals surface area contributed by atoms with E-state index in [1.54, 1.807) is 18.2 Å². The van der Waals surface area contributed by atoms with Gasteiger partial charge in [0.05, 0.1) is 6.54 Å². The number of nitrogens with one attached hydrogen (secondary N) is 1. The Kier molecular flexibility index (Phi) is 6.64. The molecular formula is C17H24F4N4. The molecule has 1 unspecified atom stereocenters. The number of halogens is 4.